The summed E-state index contributed by atoms with van der Waals surface area (Å²) in [6.07, 6.45) is 1.66. The number of carboxylic acids is 1. The van der Waals surface area contributed by atoms with Gasteiger partial charge in [0.05, 0.1) is 17.1 Å². The molecule has 6 nitrogen and oxygen atoms in total. The molecule has 32 heavy (non-hydrogen) atoms. The van der Waals surface area contributed by atoms with Crippen LogP contribution in [0.5, 0.6) is 0 Å². The third-order valence-electron chi connectivity index (χ3n) is 5.47. The second-order valence-corrected chi connectivity index (χ2v) is 7.73. The van der Waals surface area contributed by atoms with Gasteiger partial charge in [-0.05, 0) is 49.7 Å². The van der Waals surface area contributed by atoms with E-state index in [1.807, 2.05) is 25.3 Å². The number of carbonyl (C=O) groups excluding carboxylic acids is 1. The molecule has 0 radical (unpaired) electrons. The Morgan fingerprint density at radius 3 is 2.53 bits per heavy atom. The SMILES string of the molecule is Cc1ccn(-c2ccc(C(=O)N3CCC(F)(F)/C(=C\C(=O)O)c4ccccc43)c(C)c2)n1. The van der Waals surface area contributed by atoms with E-state index in [9.17, 15) is 18.4 Å². The van der Waals surface area contributed by atoms with Crippen LogP contribution in [-0.2, 0) is 4.79 Å². The molecule has 0 unspecified atom stereocenters. The van der Waals surface area contributed by atoms with Gasteiger partial charge in [0.15, 0.2) is 0 Å². The zero-order valence-electron chi connectivity index (χ0n) is 17.5. The third-order valence-corrected chi connectivity index (χ3v) is 5.47. The molecule has 4 rings (SSSR count). The Balaban J connectivity index is 1.76. The number of amides is 1. The molecule has 0 saturated carbocycles. The minimum absolute atomic E-state index is 0.0343. The molecule has 1 amide bonds. The van der Waals surface area contributed by atoms with Gasteiger partial charge in [-0.2, -0.15) is 5.10 Å². The number of alkyl halides is 2. The fourth-order valence-corrected chi connectivity index (χ4v) is 3.89. The number of para-hydroxylation sites is 1. The van der Waals surface area contributed by atoms with Crippen molar-refractivity contribution in [2.75, 3.05) is 11.4 Å². The van der Waals surface area contributed by atoms with Gasteiger partial charge < -0.3 is 10.0 Å². The van der Waals surface area contributed by atoms with Crippen LogP contribution in [0.15, 0.2) is 60.8 Å². The van der Waals surface area contributed by atoms with E-state index in [4.69, 9.17) is 5.11 Å². The molecule has 1 aliphatic heterocycles. The summed E-state index contributed by atoms with van der Waals surface area (Å²) in [6, 6.07) is 13.2. The highest BCUT2D eigenvalue weighted by Crippen LogP contribution is 2.43. The summed E-state index contributed by atoms with van der Waals surface area (Å²) in [7, 11) is 0. The summed E-state index contributed by atoms with van der Waals surface area (Å²) >= 11 is 0. The van der Waals surface area contributed by atoms with Crippen LogP contribution >= 0.6 is 0 Å². The first-order valence-electron chi connectivity index (χ1n) is 10.0. The number of fused-ring (bicyclic) bond motifs is 1. The van der Waals surface area contributed by atoms with Gasteiger partial charge in [0.2, 0.25) is 0 Å². The highest BCUT2D eigenvalue weighted by molar-refractivity contribution is 6.09. The molecule has 0 aliphatic carbocycles. The van der Waals surface area contributed by atoms with Gasteiger partial charge in [0, 0.05) is 41.9 Å². The van der Waals surface area contributed by atoms with E-state index in [0.717, 1.165) is 11.4 Å². The van der Waals surface area contributed by atoms with Crippen molar-refractivity contribution < 1.29 is 23.5 Å². The van der Waals surface area contributed by atoms with Crippen molar-refractivity contribution in [3.8, 4) is 5.69 Å². The lowest BCUT2D eigenvalue weighted by atomic mass is 9.97. The lowest BCUT2D eigenvalue weighted by Gasteiger charge is -2.23. The second-order valence-electron chi connectivity index (χ2n) is 7.73. The number of benzene rings is 2. The van der Waals surface area contributed by atoms with E-state index in [2.05, 4.69) is 5.10 Å². The van der Waals surface area contributed by atoms with E-state index < -0.39 is 29.8 Å². The molecule has 0 atom stereocenters. The molecule has 3 aromatic rings. The van der Waals surface area contributed by atoms with Crippen LogP contribution < -0.4 is 4.90 Å². The number of carbonyl (C=O) groups is 2. The smallest absolute Gasteiger partial charge is 0.328 e. The molecule has 0 saturated heterocycles. The zero-order valence-corrected chi connectivity index (χ0v) is 17.5. The summed E-state index contributed by atoms with van der Waals surface area (Å²) in [6.45, 7) is 3.40. The maximum atomic E-state index is 14.8. The van der Waals surface area contributed by atoms with Crippen molar-refractivity contribution in [1.82, 2.24) is 9.78 Å². The third kappa shape index (κ3) is 3.91. The van der Waals surface area contributed by atoms with Gasteiger partial charge in [-0.25, -0.2) is 18.3 Å². The van der Waals surface area contributed by atoms with Gasteiger partial charge in [-0.3, -0.25) is 4.79 Å². The van der Waals surface area contributed by atoms with Gasteiger partial charge in [0.1, 0.15) is 0 Å². The number of hydrogen-bond acceptors (Lipinski definition) is 3. The van der Waals surface area contributed by atoms with Crippen LogP contribution in [-0.4, -0.2) is 39.2 Å². The summed E-state index contributed by atoms with van der Waals surface area (Å²) in [4.78, 5) is 26.0. The van der Waals surface area contributed by atoms with Crippen LogP contribution in [0.2, 0.25) is 0 Å². The normalized spacial score (nSPS) is 16.5. The van der Waals surface area contributed by atoms with Crippen LogP contribution in [0.1, 0.15) is 33.6 Å². The molecule has 0 bridgehead atoms. The lowest BCUT2D eigenvalue weighted by molar-refractivity contribution is -0.131. The predicted molar refractivity (Wildman–Crippen MR) is 116 cm³/mol. The first-order valence-corrected chi connectivity index (χ1v) is 10.0. The molecular weight excluding hydrogens is 416 g/mol. The number of hydrogen-bond donors (Lipinski definition) is 1. The Kier molecular flexibility index (Phi) is 5.38. The fraction of sp³-hybridized carbons (Fsp3) is 0.208. The van der Waals surface area contributed by atoms with Crippen molar-refractivity contribution in [1.29, 1.82) is 0 Å². The molecule has 0 fully saturated rings. The van der Waals surface area contributed by atoms with E-state index in [1.54, 1.807) is 41.9 Å². The Morgan fingerprint density at radius 1 is 1.12 bits per heavy atom. The van der Waals surface area contributed by atoms with Crippen LogP contribution in [0, 0.1) is 13.8 Å². The fourth-order valence-electron chi connectivity index (χ4n) is 3.89. The van der Waals surface area contributed by atoms with Crippen molar-refractivity contribution in [2.24, 2.45) is 0 Å². The predicted octanol–water partition coefficient (Wildman–Crippen LogP) is 4.64. The van der Waals surface area contributed by atoms with Crippen molar-refractivity contribution in [3.63, 3.8) is 0 Å². The average molecular weight is 437 g/mol. The van der Waals surface area contributed by atoms with Gasteiger partial charge in [-0.15, -0.1) is 0 Å². The van der Waals surface area contributed by atoms with Gasteiger partial charge in [-0.1, -0.05) is 18.2 Å². The maximum absolute atomic E-state index is 14.8. The van der Waals surface area contributed by atoms with E-state index in [-0.39, 0.29) is 17.8 Å². The number of aryl methyl sites for hydroxylation is 2. The largest absolute Gasteiger partial charge is 0.478 e. The standard InChI is InChI=1S/C24H21F2N3O3/c1-15-13-17(29-11-9-16(2)27-29)7-8-18(15)23(32)28-12-10-24(25,26)20(14-22(30)31)19-5-3-4-6-21(19)28/h3-9,11,13-14H,10,12H2,1-2H3,(H,30,31)/b20-14-. The van der Waals surface area contributed by atoms with E-state index in [1.165, 1.54) is 11.0 Å². The number of anilines is 1. The van der Waals surface area contributed by atoms with Crippen molar-refractivity contribution in [2.45, 2.75) is 26.2 Å². The van der Waals surface area contributed by atoms with Crippen LogP contribution in [0.25, 0.3) is 11.3 Å². The zero-order chi connectivity index (χ0) is 23.0. The molecule has 164 valence electrons. The first-order chi connectivity index (χ1) is 15.2. The second kappa shape index (κ2) is 8.03. The van der Waals surface area contributed by atoms with Gasteiger partial charge in [0.25, 0.3) is 11.8 Å². The maximum Gasteiger partial charge on any atom is 0.328 e. The molecule has 1 aromatic heterocycles. The number of halogens is 2. The highest BCUT2D eigenvalue weighted by Gasteiger charge is 2.41. The van der Waals surface area contributed by atoms with Crippen molar-refractivity contribution in [3.05, 3.63) is 83.2 Å². The minimum Gasteiger partial charge on any atom is -0.478 e. The molecule has 2 aromatic carbocycles. The van der Waals surface area contributed by atoms with Crippen LogP contribution in [0.4, 0.5) is 14.5 Å². The number of rotatable bonds is 3. The molecule has 8 heteroatoms. The number of carboxylic acid groups (broad SMARTS) is 1. The average Bonchev–Trinajstić information content (AvgIpc) is 3.14. The topological polar surface area (TPSA) is 75.4 Å². The van der Waals surface area contributed by atoms with Crippen LogP contribution in [0.3, 0.4) is 0 Å². The van der Waals surface area contributed by atoms with Gasteiger partial charge >= 0.3 is 5.97 Å². The number of allylic oxidation sites excluding steroid dienone is 1. The summed E-state index contributed by atoms with van der Waals surface area (Å²) in [5.74, 6) is -5.28. The molecular formula is C24H21F2N3O3. The Morgan fingerprint density at radius 2 is 1.88 bits per heavy atom. The summed E-state index contributed by atoms with van der Waals surface area (Å²) in [5.41, 5.74) is 2.38. The quantitative estimate of drug-likeness (QED) is 0.606. The lowest BCUT2D eigenvalue weighted by Crippen LogP contribution is -2.33. The highest BCUT2D eigenvalue weighted by atomic mass is 19.3. The summed E-state index contributed by atoms with van der Waals surface area (Å²) in [5, 5.41) is 13.5. The summed E-state index contributed by atoms with van der Waals surface area (Å²) < 4.78 is 31.4. The number of nitrogens with zero attached hydrogens (tertiary/aromatic N) is 3. The van der Waals surface area contributed by atoms with Crippen molar-refractivity contribution >= 4 is 23.1 Å². The van der Waals surface area contributed by atoms with E-state index in [0.29, 0.717) is 17.2 Å². The minimum atomic E-state index is -3.39. The van der Waals surface area contributed by atoms with E-state index >= 15 is 0 Å². The Labute approximate surface area is 183 Å². The Hall–Kier alpha value is -3.81. The molecule has 1 N–H and O–H groups in total. The number of aliphatic carboxylic acids is 1. The first kappa shape index (κ1) is 21.4. The Bertz CT molecular complexity index is 1250. The molecule has 1 aliphatic rings. The number of aromatic nitrogens is 2. The molecule has 2 heterocycles. The monoisotopic (exact) mass is 437 g/mol. The molecule has 0 spiro atoms.